The molecule has 1 aliphatic carbocycles. The fourth-order valence-electron chi connectivity index (χ4n) is 3.55. The lowest BCUT2D eigenvalue weighted by Gasteiger charge is -2.51. The van der Waals surface area contributed by atoms with Crippen LogP contribution in [-0.2, 0) is 21.9 Å². The molecule has 1 saturated carbocycles. The summed E-state index contributed by atoms with van der Waals surface area (Å²) in [5.74, 6) is -0.198. The number of nitrogens with zero attached hydrogens (tertiary/aromatic N) is 2. The van der Waals surface area contributed by atoms with Gasteiger partial charge in [-0.2, -0.15) is 4.31 Å². The van der Waals surface area contributed by atoms with Crippen molar-refractivity contribution in [1.29, 1.82) is 0 Å². The van der Waals surface area contributed by atoms with Gasteiger partial charge in [-0.25, -0.2) is 8.42 Å². The number of aryl methyl sites for hydroxylation is 1. The SMILES string of the molecule is CNC(=O)c1cc(S(=O)(=O)N2CCC(=O)CC23CCC3)cn1C. The standard InChI is InChI=1S/C15H21N3O4S/c1-16-14(20)13-8-12(10-17(13)2)23(21,22)18-7-4-11(19)9-15(18)5-3-6-15/h8,10H,3-7,9H2,1-2H3,(H,16,20). The van der Waals surface area contributed by atoms with Crippen LogP contribution in [0.2, 0.25) is 0 Å². The van der Waals surface area contributed by atoms with Crippen LogP contribution in [0.1, 0.15) is 42.6 Å². The van der Waals surface area contributed by atoms with E-state index in [1.165, 1.54) is 28.2 Å². The van der Waals surface area contributed by atoms with E-state index in [-0.39, 0.29) is 29.6 Å². The van der Waals surface area contributed by atoms with Crippen LogP contribution in [0.15, 0.2) is 17.2 Å². The molecule has 1 amide bonds. The van der Waals surface area contributed by atoms with Crippen molar-refractivity contribution in [2.45, 2.75) is 42.5 Å². The van der Waals surface area contributed by atoms with Crippen LogP contribution in [-0.4, -0.2) is 48.1 Å². The second kappa shape index (κ2) is 5.45. The molecule has 1 aromatic rings. The Balaban J connectivity index is 1.98. The van der Waals surface area contributed by atoms with E-state index in [1.54, 1.807) is 7.05 Å². The van der Waals surface area contributed by atoms with E-state index in [0.29, 0.717) is 12.1 Å². The Hall–Kier alpha value is -1.67. The molecule has 8 heteroatoms. The number of nitrogens with one attached hydrogen (secondary N) is 1. The molecule has 1 N–H and O–H groups in total. The summed E-state index contributed by atoms with van der Waals surface area (Å²) in [7, 11) is -0.573. The molecule has 0 radical (unpaired) electrons. The topological polar surface area (TPSA) is 88.5 Å². The van der Waals surface area contributed by atoms with Crippen LogP contribution in [0.4, 0.5) is 0 Å². The summed E-state index contributed by atoms with van der Waals surface area (Å²) in [6.45, 7) is 0.228. The Morgan fingerprint density at radius 2 is 2.04 bits per heavy atom. The van der Waals surface area contributed by atoms with Crippen molar-refractivity contribution in [3.05, 3.63) is 18.0 Å². The second-order valence-electron chi connectivity index (χ2n) is 6.37. The first-order chi connectivity index (χ1) is 10.8. The monoisotopic (exact) mass is 339 g/mol. The maximum absolute atomic E-state index is 13.0. The molecule has 23 heavy (non-hydrogen) atoms. The predicted molar refractivity (Wildman–Crippen MR) is 83.5 cm³/mol. The van der Waals surface area contributed by atoms with E-state index in [1.807, 2.05) is 0 Å². The molecule has 0 bridgehead atoms. The molecule has 1 saturated heterocycles. The van der Waals surface area contributed by atoms with Gasteiger partial charge in [-0.3, -0.25) is 9.59 Å². The van der Waals surface area contributed by atoms with Crippen molar-refractivity contribution in [2.24, 2.45) is 7.05 Å². The summed E-state index contributed by atoms with van der Waals surface area (Å²) in [6, 6.07) is 1.40. The zero-order valence-electron chi connectivity index (χ0n) is 13.3. The number of hydrogen-bond acceptors (Lipinski definition) is 4. The van der Waals surface area contributed by atoms with Gasteiger partial charge in [0.05, 0.1) is 0 Å². The Kier molecular flexibility index (Phi) is 3.84. The molecule has 1 aromatic heterocycles. The van der Waals surface area contributed by atoms with Gasteiger partial charge in [-0.1, -0.05) is 0 Å². The lowest BCUT2D eigenvalue weighted by molar-refractivity contribution is -0.126. The molecule has 0 atom stereocenters. The highest BCUT2D eigenvalue weighted by Crippen LogP contribution is 2.46. The second-order valence-corrected chi connectivity index (χ2v) is 8.23. The van der Waals surface area contributed by atoms with Crippen molar-refractivity contribution < 1.29 is 18.0 Å². The van der Waals surface area contributed by atoms with E-state index >= 15 is 0 Å². The molecule has 2 aliphatic rings. The van der Waals surface area contributed by atoms with E-state index in [9.17, 15) is 18.0 Å². The normalized spacial score (nSPS) is 21.2. The van der Waals surface area contributed by atoms with Gasteiger partial charge in [0.2, 0.25) is 10.0 Å². The van der Waals surface area contributed by atoms with Gasteiger partial charge in [0.1, 0.15) is 16.4 Å². The first-order valence-corrected chi connectivity index (χ1v) is 9.17. The van der Waals surface area contributed by atoms with Crippen LogP contribution in [0.25, 0.3) is 0 Å². The number of Topliss-reactive ketones (excluding diaryl/α,β-unsaturated/α-hetero) is 1. The highest BCUT2D eigenvalue weighted by molar-refractivity contribution is 7.89. The van der Waals surface area contributed by atoms with Crippen molar-refractivity contribution in [3.8, 4) is 0 Å². The smallest absolute Gasteiger partial charge is 0.267 e. The minimum absolute atomic E-state index is 0.110. The molecule has 0 aromatic carbocycles. The molecular formula is C15H21N3O4S. The lowest BCUT2D eigenvalue weighted by atomic mass is 9.71. The Labute approximate surface area is 135 Å². The first-order valence-electron chi connectivity index (χ1n) is 7.73. The minimum atomic E-state index is -3.72. The number of amides is 1. The number of sulfonamides is 1. The van der Waals surface area contributed by atoms with Gasteiger partial charge in [0.15, 0.2) is 0 Å². The molecule has 0 unspecified atom stereocenters. The van der Waals surface area contributed by atoms with Crippen LogP contribution >= 0.6 is 0 Å². The van der Waals surface area contributed by atoms with E-state index in [4.69, 9.17) is 0 Å². The number of rotatable bonds is 3. The summed E-state index contributed by atoms with van der Waals surface area (Å²) in [4.78, 5) is 23.7. The van der Waals surface area contributed by atoms with Crippen LogP contribution in [0, 0.1) is 0 Å². The lowest BCUT2D eigenvalue weighted by Crippen LogP contribution is -2.60. The maximum atomic E-state index is 13.0. The molecule has 2 heterocycles. The van der Waals surface area contributed by atoms with Gasteiger partial charge in [-0.05, 0) is 25.3 Å². The number of ketones is 1. The molecule has 1 aliphatic heterocycles. The van der Waals surface area contributed by atoms with Gasteiger partial charge in [0, 0.05) is 45.2 Å². The molecule has 1 spiro atoms. The Bertz CT molecular complexity index is 762. The minimum Gasteiger partial charge on any atom is -0.354 e. The molecule has 2 fully saturated rings. The van der Waals surface area contributed by atoms with Gasteiger partial charge < -0.3 is 9.88 Å². The van der Waals surface area contributed by atoms with Gasteiger partial charge >= 0.3 is 0 Å². The summed E-state index contributed by atoms with van der Waals surface area (Å²) in [6.07, 6.45) is 4.43. The highest BCUT2D eigenvalue weighted by atomic mass is 32.2. The summed E-state index contributed by atoms with van der Waals surface area (Å²) in [5, 5.41) is 2.50. The maximum Gasteiger partial charge on any atom is 0.267 e. The molecule has 3 rings (SSSR count). The number of carbonyl (C=O) groups is 2. The fourth-order valence-corrected chi connectivity index (χ4v) is 5.44. The number of aromatic nitrogens is 1. The molecule has 7 nitrogen and oxygen atoms in total. The van der Waals surface area contributed by atoms with E-state index in [2.05, 4.69) is 5.32 Å². The molecular weight excluding hydrogens is 318 g/mol. The largest absolute Gasteiger partial charge is 0.354 e. The fraction of sp³-hybridized carbons (Fsp3) is 0.600. The van der Waals surface area contributed by atoms with E-state index < -0.39 is 15.6 Å². The third kappa shape index (κ3) is 2.49. The van der Waals surface area contributed by atoms with Crippen LogP contribution in [0.5, 0.6) is 0 Å². The average molecular weight is 339 g/mol. The van der Waals surface area contributed by atoms with Crippen LogP contribution < -0.4 is 5.32 Å². The predicted octanol–water partition coefficient (Wildman–Crippen LogP) is 0.661. The average Bonchev–Trinajstić information content (AvgIpc) is 2.87. The summed E-state index contributed by atoms with van der Waals surface area (Å²) in [5.41, 5.74) is -0.251. The zero-order valence-corrected chi connectivity index (χ0v) is 14.1. The summed E-state index contributed by atoms with van der Waals surface area (Å²) < 4.78 is 29.1. The Morgan fingerprint density at radius 3 is 2.61 bits per heavy atom. The number of hydrogen-bond donors (Lipinski definition) is 1. The van der Waals surface area contributed by atoms with Crippen molar-refractivity contribution >= 4 is 21.7 Å². The van der Waals surface area contributed by atoms with Crippen molar-refractivity contribution in [3.63, 3.8) is 0 Å². The number of carbonyl (C=O) groups excluding carboxylic acids is 2. The quantitative estimate of drug-likeness (QED) is 0.876. The van der Waals surface area contributed by atoms with Gasteiger partial charge in [0.25, 0.3) is 5.91 Å². The zero-order chi connectivity index (χ0) is 16.8. The Morgan fingerprint density at radius 1 is 1.35 bits per heavy atom. The van der Waals surface area contributed by atoms with Crippen molar-refractivity contribution in [1.82, 2.24) is 14.2 Å². The van der Waals surface area contributed by atoms with E-state index in [0.717, 1.165) is 19.3 Å². The number of piperidine rings is 1. The third-order valence-electron chi connectivity index (χ3n) is 4.96. The van der Waals surface area contributed by atoms with Crippen LogP contribution in [0.3, 0.4) is 0 Å². The van der Waals surface area contributed by atoms with Crippen molar-refractivity contribution in [2.75, 3.05) is 13.6 Å². The molecule has 126 valence electrons. The third-order valence-corrected chi connectivity index (χ3v) is 6.93. The van der Waals surface area contributed by atoms with Gasteiger partial charge in [-0.15, -0.1) is 0 Å². The first kappa shape index (κ1) is 16.2. The summed E-state index contributed by atoms with van der Waals surface area (Å²) >= 11 is 0. The highest BCUT2D eigenvalue weighted by Gasteiger charge is 2.51.